The summed E-state index contributed by atoms with van der Waals surface area (Å²) in [5, 5.41) is 7.39. The number of nitrogens with two attached hydrogens (primary N) is 1. The fraction of sp³-hybridized carbons (Fsp3) is 0.231. The van der Waals surface area contributed by atoms with Gasteiger partial charge in [0.2, 0.25) is 0 Å². The van der Waals surface area contributed by atoms with Gasteiger partial charge in [0, 0.05) is 60.6 Å². The summed E-state index contributed by atoms with van der Waals surface area (Å²) in [6.45, 7) is 2.77. The molecular formula is C26H25Cl2N7O3. The van der Waals surface area contributed by atoms with E-state index in [0.29, 0.717) is 57.2 Å². The first kappa shape index (κ1) is 25.8. The minimum absolute atomic E-state index is 0.0787. The zero-order chi connectivity index (χ0) is 26.8. The minimum atomic E-state index is -0.706. The molecule has 4 aromatic rings. The number of nitrogens with one attached hydrogen (secondary N) is 2. The number of nitrogens with zero attached hydrogens (tertiary/aromatic N) is 4. The fourth-order valence-corrected chi connectivity index (χ4v) is 4.98. The second-order valence-electron chi connectivity index (χ2n) is 8.70. The molecule has 0 radical (unpaired) electrons. The highest BCUT2D eigenvalue weighted by Gasteiger charge is 2.23. The van der Waals surface area contributed by atoms with Gasteiger partial charge in [0.15, 0.2) is 5.65 Å². The first-order chi connectivity index (χ1) is 18.4. The number of carbonyl (C=O) groups excluding carboxylic acids is 2. The van der Waals surface area contributed by atoms with Crippen molar-refractivity contribution in [1.82, 2.24) is 24.6 Å². The molecule has 38 heavy (non-hydrogen) atoms. The van der Waals surface area contributed by atoms with Gasteiger partial charge in [0.1, 0.15) is 23.0 Å². The van der Waals surface area contributed by atoms with Crippen molar-refractivity contribution in [3.05, 3.63) is 81.4 Å². The van der Waals surface area contributed by atoms with Crippen LogP contribution in [0, 0.1) is 0 Å². The minimum Gasteiger partial charge on any atom is -0.495 e. The predicted molar refractivity (Wildman–Crippen MR) is 146 cm³/mol. The van der Waals surface area contributed by atoms with Gasteiger partial charge in [0.25, 0.3) is 11.8 Å². The third-order valence-electron chi connectivity index (χ3n) is 6.37. The number of carbonyl (C=O) groups is 2. The Bertz CT molecular complexity index is 1510. The number of benzene rings is 2. The maximum absolute atomic E-state index is 13.0. The van der Waals surface area contributed by atoms with E-state index in [1.54, 1.807) is 58.1 Å². The van der Waals surface area contributed by atoms with Gasteiger partial charge in [-0.3, -0.25) is 14.0 Å². The van der Waals surface area contributed by atoms with E-state index in [1.165, 1.54) is 7.11 Å². The van der Waals surface area contributed by atoms with Crippen LogP contribution in [0.25, 0.3) is 5.65 Å². The molecule has 12 heteroatoms. The van der Waals surface area contributed by atoms with Gasteiger partial charge in [0.05, 0.1) is 12.8 Å². The first-order valence-corrected chi connectivity index (χ1v) is 12.7. The van der Waals surface area contributed by atoms with Crippen LogP contribution >= 0.6 is 23.2 Å². The van der Waals surface area contributed by atoms with Crippen LogP contribution in [0.2, 0.25) is 10.0 Å². The molecule has 0 aliphatic carbocycles. The Morgan fingerprint density at radius 3 is 2.58 bits per heavy atom. The smallest absolute Gasteiger partial charge is 0.256 e. The van der Waals surface area contributed by atoms with E-state index in [0.717, 1.165) is 13.1 Å². The monoisotopic (exact) mass is 553 g/mol. The standard InChI is InChI=1S/C26H25Cl2N7O3/c1-38-20-13-15(26(37)34-10-7-30-8-11-34)5-6-19(20)32-24-22(23(29)36)25-31-9-12-35(25)21(33-24)14-16-17(27)3-2-4-18(16)28/h2-6,9,12-13,30,32H,7-8,10-11,14H2,1H3,(H2,29,36). The number of rotatable bonds is 7. The molecule has 5 rings (SSSR count). The number of fused-ring (bicyclic) bond motifs is 1. The van der Waals surface area contributed by atoms with Crippen LogP contribution in [-0.4, -0.2) is 64.4 Å². The summed E-state index contributed by atoms with van der Waals surface area (Å²) in [6, 6.07) is 10.3. The highest BCUT2D eigenvalue weighted by molar-refractivity contribution is 6.36. The molecule has 1 fully saturated rings. The zero-order valence-corrected chi connectivity index (χ0v) is 22.0. The Morgan fingerprint density at radius 1 is 1.16 bits per heavy atom. The van der Waals surface area contributed by atoms with Crippen molar-refractivity contribution in [3.63, 3.8) is 0 Å². The Hall–Kier alpha value is -3.86. The number of aromatic nitrogens is 3. The number of piperazine rings is 1. The van der Waals surface area contributed by atoms with Crippen LogP contribution in [0.5, 0.6) is 5.75 Å². The molecular weight excluding hydrogens is 529 g/mol. The van der Waals surface area contributed by atoms with Crippen molar-refractivity contribution in [2.24, 2.45) is 5.73 Å². The summed E-state index contributed by atoms with van der Waals surface area (Å²) in [5.74, 6) is 0.341. The maximum atomic E-state index is 13.0. The van der Waals surface area contributed by atoms with E-state index < -0.39 is 5.91 Å². The number of hydrogen-bond donors (Lipinski definition) is 3. The molecule has 2 aromatic carbocycles. The quantitative estimate of drug-likeness (QED) is 0.319. The fourth-order valence-electron chi connectivity index (χ4n) is 4.45. The molecule has 3 heterocycles. The third-order valence-corrected chi connectivity index (χ3v) is 7.08. The Morgan fingerprint density at radius 2 is 1.89 bits per heavy atom. The van der Waals surface area contributed by atoms with Gasteiger partial charge in [-0.15, -0.1) is 0 Å². The van der Waals surface area contributed by atoms with Gasteiger partial charge in [-0.25, -0.2) is 9.97 Å². The normalized spacial score (nSPS) is 13.5. The number of imidazole rings is 1. The number of hydrogen-bond acceptors (Lipinski definition) is 7. The van der Waals surface area contributed by atoms with Crippen molar-refractivity contribution >= 4 is 52.2 Å². The molecule has 1 aliphatic heterocycles. The summed E-state index contributed by atoms with van der Waals surface area (Å²) in [7, 11) is 1.50. The largest absolute Gasteiger partial charge is 0.495 e. The van der Waals surface area contributed by atoms with Crippen LogP contribution in [0.3, 0.4) is 0 Å². The number of methoxy groups -OCH3 is 1. The van der Waals surface area contributed by atoms with Crippen molar-refractivity contribution in [1.29, 1.82) is 0 Å². The van der Waals surface area contributed by atoms with Gasteiger partial charge >= 0.3 is 0 Å². The molecule has 2 aromatic heterocycles. The topological polar surface area (TPSA) is 127 Å². The molecule has 196 valence electrons. The van der Waals surface area contributed by atoms with Gasteiger partial charge in [-0.05, 0) is 35.9 Å². The van der Waals surface area contributed by atoms with E-state index in [1.807, 2.05) is 0 Å². The second-order valence-corrected chi connectivity index (χ2v) is 9.51. The molecule has 0 bridgehead atoms. The Labute approximate surface area is 228 Å². The first-order valence-electron chi connectivity index (χ1n) is 11.9. The summed E-state index contributed by atoms with van der Waals surface area (Å²) in [4.78, 5) is 36.4. The molecule has 4 N–H and O–H groups in total. The number of primary amides is 1. The lowest BCUT2D eigenvalue weighted by molar-refractivity contribution is 0.0735. The summed E-state index contributed by atoms with van der Waals surface area (Å²) >= 11 is 12.8. The molecule has 0 unspecified atom stereocenters. The molecule has 0 spiro atoms. The van der Waals surface area contributed by atoms with Crippen molar-refractivity contribution in [2.75, 3.05) is 38.6 Å². The number of anilines is 2. The highest BCUT2D eigenvalue weighted by atomic mass is 35.5. The van der Waals surface area contributed by atoms with Crippen LogP contribution in [0.1, 0.15) is 32.1 Å². The molecule has 0 saturated carbocycles. The van der Waals surface area contributed by atoms with Crippen LogP contribution in [-0.2, 0) is 6.42 Å². The maximum Gasteiger partial charge on any atom is 0.256 e. The lowest BCUT2D eigenvalue weighted by Gasteiger charge is -2.27. The molecule has 10 nitrogen and oxygen atoms in total. The Balaban J connectivity index is 1.55. The molecule has 0 atom stereocenters. The van der Waals surface area contributed by atoms with Crippen molar-refractivity contribution < 1.29 is 14.3 Å². The predicted octanol–water partition coefficient (Wildman–Crippen LogP) is 3.52. The number of ether oxygens (including phenoxy) is 1. The lowest BCUT2D eigenvalue weighted by atomic mass is 10.1. The van der Waals surface area contributed by atoms with Crippen LogP contribution in [0.15, 0.2) is 48.8 Å². The molecule has 1 aliphatic rings. The molecule has 2 amide bonds. The lowest BCUT2D eigenvalue weighted by Crippen LogP contribution is -2.46. The zero-order valence-electron chi connectivity index (χ0n) is 20.5. The second kappa shape index (κ2) is 10.9. The van der Waals surface area contributed by atoms with E-state index >= 15 is 0 Å². The summed E-state index contributed by atoms with van der Waals surface area (Å²) in [5.41, 5.74) is 7.87. The average Bonchev–Trinajstić information content (AvgIpc) is 3.40. The van der Waals surface area contributed by atoms with Gasteiger partial charge in [-0.1, -0.05) is 29.3 Å². The van der Waals surface area contributed by atoms with Crippen molar-refractivity contribution in [2.45, 2.75) is 6.42 Å². The van der Waals surface area contributed by atoms with E-state index in [2.05, 4.69) is 15.6 Å². The van der Waals surface area contributed by atoms with Gasteiger partial charge < -0.3 is 26.0 Å². The van der Waals surface area contributed by atoms with Crippen LogP contribution in [0.4, 0.5) is 11.5 Å². The van der Waals surface area contributed by atoms with Crippen molar-refractivity contribution in [3.8, 4) is 5.75 Å². The van der Waals surface area contributed by atoms with Gasteiger partial charge in [-0.2, -0.15) is 0 Å². The van der Waals surface area contributed by atoms with E-state index in [4.69, 9.17) is 38.7 Å². The average molecular weight is 554 g/mol. The number of halogens is 2. The third kappa shape index (κ3) is 4.98. The SMILES string of the molecule is COc1cc(C(=O)N2CCNCC2)ccc1Nc1nc(Cc2c(Cl)cccc2Cl)n2ccnc2c1C(N)=O. The summed E-state index contributed by atoms with van der Waals surface area (Å²) < 4.78 is 7.26. The molecule has 1 saturated heterocycles. The highest BCUT2D eigenvalue weighted by Crippen LogP contribution is 2.32. The summed E-state index contributed by atoms with van der Waals surface area (Å²) in [6.07, 6.45) is 3.52. The van der Waals surface area contributed by atoms with E-state index in [9.17, 15) is 9.59 Å². The van der Waals surface area contributed by atoms with Crippen LogP contribution < -0.4 is 21.1 Å². The number of amides is 2. The van der Waals surface area contributed by atoms with E-state index in [-0.39, 0.29) is 23.7 Å². The Kier molecular flexibility index (Phi) is 7.37.